The molecule has 0 spiro atoms. The van der Waals surface area contributed by atoms with Crippen LogP contribution in [0.1, 0.15) is 13.8 Å². The van der Waals surface area contributed by atoms with Crippen molar-refractivity contribution < 1.29 is 20.1 Å². The quantitative estimate of drug-likeness (QED) is 0.510. The van der Waals surface area contributed by atoms with Gasteiger partial charge >= 0.3 is 0 Å². The van der Waals surface area contributed by atoms with Crippen LogP contribution in [0.15, 0.2) is 49.1 Å². The lowest BCUT2D eigenvalue weighted by atomic mass is 9.91. The van der Waals surface area contributed by atoms with E-state index in [1.54, 1.807) is 4.57 Å². The van der Waals surface area contributed by atoms with Gasteiger partial charge < -0.3 is 25.8 Å². The SMILES string of the molecule is CC(C)[C@@]1(n2cnc3c(N)ncnc32)O[C@H](CO)[C@@H](O)[C@H]1O.c1ccccc1. The average Bonchev–Trinajstić information content (AvgIpc) is 3.25. The van der Waals surface area contributed by atoms with Gasteiger partial charge in [0, 0.05) is 5.92 Å². The molecule has 3 aromatic rings. The van der Waals surface area contributed by atoms with Gasteiger partial charge in [0.15, 0.2) is 17.2 Å². The molecule has 1 fully saturated rings. The van der Waals surface area contributed by atoms with Crippen LogP contribution in [0.3, 0.4) is 0 Å². The summed E-state index contributed by atoms with van der Waals surface area (Å²) >= 11 is 0. The molecule has 0 amide bonds. The van der Waals surface area contributed by atoms with E-state index >= 15 is 0 Å². The fourth-order valence-corrected chi connectivity index (χ4v) is 3.42. The van der Waals surface area contributed by atoms with Gasteiger partial charge in [-0.1, -0.05) is 50.2 Å². The molecule has 9 nitrogen and oxygen atoms in total. The minimum Gasteiger partial charge on any atom is -0.394 e. The van der Waals surface area contributed by atoms with Gasteiger partial charge in [-0.2, -0.15) is 0 Å². The molecule has 0 bridgehead atoms. The molecule has 150 valence electrons. The third-order valence-corrected chi connectivity index (χ3v) is 4.88. The summed E-state index contributed by atoms with van der Waals surface area (Å²) < 4.78 is 7.40. The number of nitrogens with two attached hydrogens (primary N) is 1. The summed E-state index contributed by atoms with van der Waals surface area (Å²) in [6, 6.07) is 12.0. The second kappa shape index (κ2) is 8.19. The van der Waals surface area contributed by atoms with Crippen molar-refractivity contribution in [1.29, 1.82) is 0 Å². The number of rotatable bonds is 3. The predicted octanol–water partition coefficient (Wildman–Crippen LogP) is 0.517. The summed E-state index contributed by atoms with van der Waals surface area (Å²) in [7, 11) is 0. The highest BCUT2D eigenvalue weighted by molar-refractivity contribution is 5.81. The Morgan fingerprint density at radius 1 is 1.11 bits per heavy atom. The smallest absolute Gasteiger partial charge is 0.178 e. The molecule has 9 heteroatoms. The lowest BCUT2D eigenvalue weighted by Gasteiger charge is -2.37. The zero-order valence-electron chi connectivity index (χ0n) is 15.8. The summed E-state index contributed by atoms with van der Waals surface area (Å²) in [6.07, 6.45) is -0.618. The zero-order valence-corrected chi connectivity index (χ0v) is 15.8. The number of anilines is 1. The summed E-state index contributed by atoms with van der Waals surface area (Å²) in [5.74, 6) is -0.0170. The standard InChI is InChI=1S/C13H19N5O4.C6H6/c1-6(2)13(10(21)9(20)7(3-19)22-13)18-5-17-8-11(14)15-4-16-12(8)18;1-2-4-6-5-3-1/h4-7,9-10,19-21H,3H2,1-2H3,(H2,14,15,16);1-6H/t7-,9-,10-,13-;/m1./s1. The van der Waals surface area contributed by atoms with Crippen molar-refractivity contribution in [2.45, 2.75) is 37.9 Å². The predicted molar refractivity (Wildman–Crippen MR) is 103 cm³/mol. The highest BCUT2D eigenvalue weighted by Crippen LogP contribution is 2.42. The van der Waals surface area contributed by atoms with Crippen LogP contribution in [0, 0.1) is 5.92 Å². The Kier molecular flexibility index (Phi) is 5.90. The molecule has 3 heterocycles. The van der Waals surface area contributed by atoms with Crippen LogP contribution >= 0.6 is 0 Å². The number of hydrogen-bond acceptors (Lipinski definition) is 8. The van der Waals surface area contributed by atoms with Crippen molar-refractivity contribution in [3.63, 3.8) is 0 Å². The molecule has 1 saturated heterocycles. The molecule has 0 saturated carbocycles. The van der Waals surface area contributed by atoms with E-state index in [1.165, 1.54) is 12.7 Å². The van der Waals surface area contributed by atoms with Crippen molar-refractivity contribution in [3.05, 3.63) is 49.1 Å². The first-order valence-corrected chi connectivity index (χ1v) is 9.02. The summed E-state index contributed by atoms with van der Waals surface area (Å²) in [4.78, 5) is 12.2. The summed E-state index contributed by atoms with van der Waals surface area (Å²) in [5.41, 5.74) is 5.26. The number of nitrogens with zero attached hydrogens (tertiary/aromatic N) is 4. The Labute approximate surface area is 162 Å². The fraction of sp³-hybridized carbons (Fsp3) is 0.421. The topological polar surface area (TPSA) is 140 Å². The van der Waals surface area contributed by atoms with Crippen molar-refractivity contribution in [2.24, 2.45) is 5.92 Å². The average molecular weight is 387 g/mol. The number of fused-ring (bicyclic) bond motifs is 1. The number of aliphatic hydroxyl groups is 3. The Morgan fingerprint density at radius 3 is 2.21 bits per heavy atom. The largest absolute Gasteiger partial charge is 0.394 e. The monoisotopic (exact) mass is 387 g/mol. The molecule has 1 aromatic carbocycles. The fourth-order valence-electron chi connectivity index (χ4n) is 3.42. The third kappa shape index (κ3) is 3.33. The molecule has 5 N–H and O–H groups in total. The van der Waals surface area contributed by atoms with Crippen LogP contribution in [-0.4, -0.2) is 59.8 Å². The number of ether oxygens (including phenoxy) is 1. The number of aliphatic hydroxyl groups excluding tert-OH is 3. The molecule has 28 heavy (non-hydrogen) atoms. The van der Waals surface area contributed by atoms with Crippen molar-refractivity contribution in [1.82, 2.24) is 19.5 Å². The van der Waals surface area contributed by atoms with Crippen molar-refractivity contribution >= 4 is 17.0 Å². The lowest BCUT2D eigenvalue weighted by Crippen LogP contribution is -2.49. The molecule has 2 aromatic heterocycles. The second-order valence-electron chi connectivity index (χ2n) is 6.88. The van der Waals surface area contributed by atoms with Gasteiger partial charge in [-0.3, -0.25) is 4.57 Å². The molecule has 0 unspecified atom stereocenters. The summed E-state index contributed by atoms with van der Waals surface area (Å²) in [5, 5.41) is 30.1. The lowest BCUT2D eigenvalue weighted by molar-refractivity contribution is -0.174. The van der Waals surface area contributed by atoms with E-state index in [-0.39, 0.29) is 11.7 Å². The van der Waals surface area contributed by atoms with E-state index < -0.39 is 30.6 Å². The van der Waals surface area contributed by atoms with Gasteiger partial charge in [-0.25, -0.2) is 15.0 Å². The molecule has 4 rings (SSSR count). The molecule has 1 aliphatic rings. The van der Waals surface area contributed by atoms with Crippen molar-refractivity contribution in [2.75, 3.05) is 12.3 Å². The maximum Gasteiger partial charge on any atom is 0.178 e. The van der Waals surface area contributed by atoms with Crippen LogP contribution in [0.2, 0.25) is 0 Å². The molecule has 0 radical (unpaired) electrons. The first-order valence-electron chi connectivity index (χ1n) is 9.02. The Hall–Kier alpha value is -2.59. The Balaban J connectivity index is 0.000000320. The number of imidazole rings is 1. The van der Waals surface area contributed by atoms with Gasteiger partial charge in [0.2, 0.25) is 0 Å². The van der Waals surface area contributed by atoms with E-state index in [4.69, 9.17) is 10.5 Å². The number of nitrogen functional groups attached to an aromatic ring is 1. The van der Waals surface area contributed by atoms with Crippen LogP contribution in [-0.2, 0) is 10.5 Å². The third-order valence-electron chi connectivity index (χ3n) is 4.88. The van der Waals surface area contributed by atoms with Crippen LogP contribution in [0.5, 0.6) is 0 Å². The maximum absolute atomic E-state index is 10.6. The van der Waals surface area contributed by atoms with Gasteiger partial charge in [0.25, 0.3) is 0 Å². The highest BCUT2D eigenvalue weighted by Gasteiger charge is 2.57. The number of benzene rings is 1. The molecule has 1 aliphatic heterocycles. The second-order valence-corrected chi connectivity index (χ2v) is 6.88. The van der Waals surface area contributed by atoms with E-state index in [2.05, 4.69) is 15.0 Å². The van der Waals surface area contributed by atoms with E-state index in [1.807, 2.05) is 50.2 Å². The van der Waals surface area contributed by atoms with Crippen molar-refractivity contribution in [3.8, 4) is 0 Å². The minimum atomic E-state index is -1.30. The first-order chi connectivity index (χ1) is 13.4. The van der Waals surface area contributed by atoms with Gasteiger partial charge in [-0.15, -0.1) is 0 Å². The van der Waals surface area contributed by atoms with E-state index in [0.29, 0.717) is 11.2 Å². The highest BCUT2D eigenvalue weighted by atomic mass is 16.6. The van der Waals surface area contributed by atoms with Crippen LogP contribution in [0.4, 0.5) is 5.82 Å². The number of hydrogen-bond donors (Lipinski definition) is 4. The molecular formula is C19H25N5O4. The Bertz CT molecular complexity index is 877. The summed E-state index contributed by atoms with van der Waals surface area (Å²) in [6.45, 7) is 3.27. The normalized spacial score (nSPS) is 27.0. The van der Waals surface area contributed by atoms with Gasteiger partial charge in [-0.05, 0) is 0 Å². The zero-order chi connectivity index (χ0) is 20.3. The minimum absolute atomic E-state index is 0.217. The molecule has 4 atom stereocenters. The molecule has 0 aliphatic carbocycles. The van der Waals surface area contributed by atoms with Gasteiger partial charge in [0.1, 0.15) is 30.2 Å². The van der Waals surface area contributed by atoms with Gasteiger partial charge in [0.05, 0.1) is 12.9 Å². The molecular weight excluding hydrogens is 362 g/mol. The van der Waals surface area contributed by atoms with E-state index in [0.717, 1.165) is 0 Å². The first kappa shape index (κ1) is 20.2. The van der Waals surface area contributed by atoms with E-state index in [9.17, 15) is 15.3 Å². The number of aromatic nitrogens is 4. The van der Waals surface area contributed by atoms with Crippen LogP contribution in [0.25, 0.3) is 11.2 Å². The van der Waals surface area contributed by atoms with Crippen LogP contribution < -0.4 is 5.73 Å². The maximum atomic E-state index is 10.6. The Morgan fingerprint density at radius 2 is 1.71 bits per heavy atom.